The number of nitriles is 1. The topological polar surface area (TPSA) is 88.0 Å². The highest BCUT2D eigenvalue weighted by atomic mass is 32.2. The van der Waals surface area contributed by atoms with Crippen molar-refractivity contribution < 1.29 is 9.47 Å². The van der Waals surface area contributed by atoms with E-state index < -0.39 is 5.56 Å². The molecule has 1 aromatic carbocycles. The summed E-state index contributed by atoms with van der Waals surface area (Å²) < 4.78 is 11.2. The van der Waals surface area contributed by atoms with E-state index in [9.17, 15) is 10.1 Å². The van der Waals surface area contributed by atoms with Gasteiger partial charge in [-0.25, -0.2) is 4.98 Å². The molecule has 3 rings (SSSR count). The predicted molar refractivity (Wildman–Crippen MR) is 95.4 cm³/mol. The number of benzene rings is 1. The molecule has 1 fully saturated rings. The Morgan fingerprint density at radius 1 is 1.44 bits per heavy atom. The number of H-pyrrole nitrogens is 1. The van der Waals surface area contributed by atoms with E-state index in [0.717, 1.165) is 30.6 Å². The van der Waals surface area contributed by atoms with Crippen molar-refractivity contribution in [1.82, 2.24) is 9.97 Å². The van der Waals surface area contributed by atoms with Gasteiger partial charge >= 0.3 is 0 Å². The van der Waals surface area contributed by atoms with Crippen LogP contribution in [-0.4, -0.2) is 35.5 Å². The fraction of sp³-hybridized carbons (Fsp3) is 0.389. The Bertz CT molecular complexity index is 821. The molecule has 0 radical (unpaired) electrons. The molecule has 1 unspecified atom stereocenters. The maximum Gasteiger partial charge on any atom is 0.270 e. The summed E-state index contributed by atoms with van der Waals surface area (Å²) >= 11 is 1.33. The van der Waals surface area contributed by atoms with Gasteiger partial charge in [0.2, 0.25) is 0 Å². The highest BCUT2D eigenvalue weighted by Gasteiger charge is 2.15. The summed E-state index contributed by atoms with van der Waals surface area (Å²) in [6.45, 7) is 1.93. The van der Waals surface area contributed by atoms with Crippen LogP contribution in [0.3, 0.4) is 0 Å². The number of nitrogens with zero attached hydrogens (tertiary/aromatic N) is 2. The van der Waals surface area contributed by atoms with E-state index in [1.165, 1.54) is 11.8 Å². The van der Waals surface area contributed by atoms with Crippen LogP contribution >= 0.6 is 11.8 Å². The van der Waals surface area contributed by atoms with Gasteiger partial charge in [-0.05, 0) is 24.7 Å². The van der Waals surface area contributed by atoms with E-state index in [2.05, 4.69) is 9.97 Å². The number of nitrogens with one attached hydrogen (secondary N) is 1. The number of ether oxygens (including phenoxy) is 2. The fourth-order valence-electron chi connectivity index (χ4n) is 2.70. The standard InChI is InChI=1S/C18H19N3O3S/c1-25-18-20-16(15(9-19)17(22)21-18)13-6-4-12(5-7-13)10-23-11-14-3-2-8-24-14/h4-7,14H,2-3,8,10-11H2,1H3,(H,20,21,22). The molecule has 1 aromatic heterocycles. The second-order valence-corrected chi connectivity index (χ2v) is 6.55. The summed E-state index contributed by atoms with van der Waals surface area (Å²) in [6.07, 6.45) is 4.19. The van der Waals surface area contributed by atoms with E-state index in [0.29, 0.717) is 24.1 Å². The zero-order valence-electron chi connectivity index (χ0n) is 13.9. The minimum Gasteiger partial charge on any atom is -0.376 e. The van der Waals surface area contributed by atoms with E-state index >= 15 is 0 Å². The first kappa shape index (κ1) is 17.7. The third-order valence-electron chi connectivity index (χ3n) is 4.03. The Morgan fingerprint density at radius 3 is 2.88 bits per heavy atom. The lowest BCUT2D eigenvalue weighted by molar-refractivity contribution is 0.0106. The first-order valence-corrected chi connectivity index (χ1v) is 9.31. The van der Waals surface area contributed by atoms with Crippen molar-refractivity contribution >= 4 is 11.8 Å². The number of thioether (sulfide) groups is 1. The average Bonchev–Trinajstić information content (AvgIpc) is 3.15. The Kier molecular flexibility index (Phi) is 5.87. The lowest BCUT2D eigenvalue weighted by atomic mass is 10.1. The minimum atomic E-state index is -0.416. The van der Waals surface area contributed by atoms with Crippen molar-refractivity contribution in [3.05, 3.63) is 45.7 Å². The zero-order valence-corrected chi connectivity index (χ0v) is 14.8. The van der Waals surface area contributed by atoms with Crippen molar-refractivity contribution in [2.45, 2.75) is 30.7 Å². The van der Waals surface area contributed by atoms with E-state index in [1.807, 2.05) is 36.6 Å². The van der Waals surface area contributed by atoms with E-state index in [4.69, 9.17) is 9.47 Å². The highest BCUT2D eigenvalue weighted by molar-refractivity contribution is 7.98. The van der Waals surface area contributed by atoms with Crippen LogP contribution in [-0.2, 0) is 16.1 Å². The summed E-state index contributed by atoms with van der Waals surface area (Å²) in [6, 6.07) is 9.51. The monoisotopic (exact) mass is 357 g/mol. The smallest absolute Gasteiger partial charge is 0.270 e. The van der Waals surface area contributed by atoms with Gasteiger partial charge in [-0.15, -0.1) is 0 Å². The van der Waals surface area contributed by atoms with Crippen molar-refractivity contribution in [1.29, 1.82) is 5.26 Å². The SMILES string of the molecule is CSc1nc(-c2ccc(COCC3CCCO3)cc2)c(C#N)c(=O)[nH]1. The molecule has 0 saturated carbocycles. The van der Waals surface area contributed by atoms with Crippen molar-refractivity contribution in [3.63, 3.8) is 0 Å². The lowest BCUT2D eigenvalue weighted by Gasteiger charge is -2.10. The van der Waals surface area contributed by atoms with Crippen LogP contribution in [0.5, 0.6) is 0 Å². The van der Waals surface area contributed by atoms with E-state index in [-0.39, 0.29) is 11.7 Å². The molecule has 0 aliphatic carbocycles. The van der Waals surface area contributed by atoms with Crippen LogP contribution in [0.4, 0.5) is 0 Å². The Morgan fingerprint density at radius 2 is 2.24 bits per heavy atom. The van der Waals surface area contributed by atoms with Gasteiger partial charge < -0.3 is 14.5 Å². The van der Waals surface area contributed by atoms with Crippen LogP contribution in [0.15, 0.2) is 34.2 Å². The summed E-state index contributed by atoms with van der Waals surface area (Å²) in [5.41, 5.74) is 1.78. The van der Waals surface area contributed by atoms with Crippen molar-refractivity contribution in [2.75, 3.05) is 19.5 Å². The number of hydrogen-bond donors (Lipinski definition) is 1. The molecular formula is C18H19N3O3S. The minimum absolute atomic E-state index is 0.0279. The molecule has 1 saturated heterocycles. The number of aromatic amines is 1. The van der Waals surface area contributed by atoms with Gasteiger partial charge in [0.15, 0.2) is 5.16 Å². The molecule has 6 nitrogen and oxygen atoms in total. The van der Waals surface area contributed by atoms with Gasteiger partial charge in [0.25, 0.3) is 5.56 Å². The fourth-order valence-corrected chi connectivity index (χ4v) is 3.08. The molecule has 2 heterocycles. The molecule has 0 amide bonds. The number of rotatable bonds is 6. The second-order valence-electron chi connectivity index (χ2n) is 5.76. The van der Waals surface area contributed by atoms with Crippen LogP contribution in [0, 0.1) is 11.3 Å². The summed E-state index contributed by atoms with van der Waals surface area (Å²) in [4.78, 5) is 19.0. The summed E-state index contributed by atoms with van der Waals surface area (Å²) in [5, 5.41) is 9.74. The summed E-state index contributed by atoms with van der Waals surface area (Å²) in [7, 11) is 0. The molecule has 25 heavy (non-hydrogen) atoms. The normalized spacial score (nSPS) is 16.7. The van der Waals surface area contributed by atoms with Gasteiger partial charge in [-0.2, -0.15) is 5.26 Å². The van der Waals surface area contributed by atoms with Crippen LogP contribution in [0.25, 0.3) is 11.3 Å². The molecule has 7 heteroatoms. The second kappa shape index (κ2) is 8.30. The van der Waals surface area contributed by atoms with Crippen LogP contribution in [0.2, 0.25) is 0 Å². The number of hydrogen-bond acceptors (Lipinski definition) is 6. The van der Waals surface area contributed by atoms with Gasteiger partial charge in [-0.3, -0.25) is 4.79 Å². The van der Waals surface area contributed by atoms with Crippen molar-refractivity contribution in [3.8, 4) is 17.3 Å². The highest BCUT2D eigenvalue weighted by Crippen LogP contribution is 2.22. The van der Waals surface area contributed by atoms with Crippen LogP contribution < -0.4 is 5.56 Å². The molecular weight excluding hydrogens is 338 g/mol. The first-order valence-electron chi connectivity index (χ1n) is 8.08. The van der Waals surface area contributed by atoms with Gasteiger partial charge in [0.05, 0.1) is 25.0 Å². The van der Waals surface area contributed by atoms with Gasteiger partial charge in [0.1, 0.15) is 11.6 Å². The molecule has 0 bridgehead atoms. The molecule has 1 N–H and O–H groups in total. The maximum atomic E-state index is 12.0. The Hall–Kier alpha value is -2.14. The Labute approximate surface area is 150 Å². The largest absolute Gasteiger partial charge is 0.376 e. The molecule has 130 valence electrons. The molecule has 1 aliphatic rings. The zero-order chi connectivity index (χ0) is 17.6. The quantitative estimate of drug-likeness (QED) is 0.632. The Balaban J connectivity index is 1.72. The van der Waals surface area contributed by atoms with Gasteiger partial charge in [-0.1, -0.05) is 36.0 Å². The lowest BCUT2D eigenvalue weighted by Crippen LogP contribution is -2.14. The van der Waals surface area contributed by atoms with Gasteiger partial charge in [0, 0.05) is 12.2 Å². The molecule has 1 atom stereocenters. The molecule has 2 aromatic rings. The van der Waals surface area contributed by atoms with Crippen molar-refractivity contribution in [2.24, 2.45) is 0 Å². The predicted octanol–water partition coefficient (Wildman–Crippen LogP) is 2.73. The van der Waals surface area contributed by atoms with Crippen LogP contribution in [0.1, 0.15) is 24.0 Å². The average molecular weight is 357 g/mol. The third-order valence-corrected chi connectivity index (χ3v) is 4.61. The number of aromatic nitrogens is 2. The maximum absolute atomic E-state index is 12.0. The molecule has 1 aliphatic heterocycles. The first-order chi connectivity index (χ1) is 12.2. The third kappa shape index (κ3) is 4.28. The van der Waals surface area contributed by atoms with E-state index in [1.54, 1.807) is 0 Å². The summed E-state index contributed by atoms with van der Waals surface area (Å²) in [5.74, 6) is 0. The molecule has 0 spiro atoms.